The van der Waals surface area contributed by atoms with Crippen molar-refractivity contribution < 1.29 is 0 Å². The van der Waals surface area contributed by atoms with E-state index in [0.29, 0.717) is 6.04 Å². The summed E-state index contributed by atoms with van der Waals surface area (Å²) >= 11 is 0. The number of nitrogens with one attached hydrogen (secondary N) is 1. The molecule has 0 aromatic carbocycles. The van der Waals surface area contributed by atoms with Crippen molar-refractivity contribution in [2.45, 2.75) is 51.5 Å². The molecule has 0 bridgehead atoms. The zero-order valence-electron chi connectivity index (χ0n) is 10.7. The molecule has 3 nitrogen and oxygen atoms in total. The number of aromatic nitrogens is 2. The molecule has 0 saturated heterocycles. The van der Waals surface area contributed by atoms with Crippen LogP contribution in [-0.4, -0.2) is 23.4 Å². The van der Waals surface area contributed by atoms with Crippen molar-refractivity contribution in [1.29, 1.82) is 0 Å². The third-order valence-corrected chi connectivity index (χ3v) is 3.16. The van der Waals surface area contributed by atoms with Crippen LogP contribution in [0.1, 0.15) is 56.5 Å². The molecule has 90 valence electrons. The van der Waals surface area contributed by atoms with Gasteiger partial charge < -0.3 is 5.32 Å². The van der Waals surface area contributed by atoms with Crippen LogP contribution in [-0.2, 0) is 6.42 Å². The van der Waals surface area contributed by atoms with E-state index in [1.54, 1.807) is 0 Å². The molecule has 1 heterocycles. The van der Waals surface area contributed by atoms with Gasteiger partial charge in [-0.05, 0) is 59.2 Å². The van der Waals surface area contributed by atoms with E-state index in [1.807, 2.05) is 7.05 Å². The molecule has 1 saturated carbocycles. The maximum absolute atomic E-state index is 4.73. The van der Waals surface area contributed by atoms with Gasteiger partial charge in [0.05, 0.1) is 5.69 Å². The lowest BCUT2D eigenvalue weighted by Gasteiger charge is -2.09. The highest BCUT2D eigenvalue weighted by Crippen LogP contribution is 2.41. The highest BCUT2D eigenvalue weighted by molar-refractivity contribution is 5.20. The summed E-state index contributed by atoms with van der Waals surface area (Å²) < 4.78 is 2.23. The van der Waals surface area contributed by atoms with Crippen LogP contribution in [0, 0.1) is 0 Å². The zero-order valence-corrected chi connectivity index (χ0v) is 10.7. The summed E-state index contributed by atoms with van der Waals surface area (Å²) in [5.74, 6) is 0.799. The molecule has 0 atom stereocenters. The van der Waals surface area contributed by atoms with Crippen molar-refractivity contribution in [3.05, 3.63) is 17.5 Å². The second-order valence-corrected chi connectivity index (χ2v) is 5.08. The van der Waals surface area contributed by atoms with E-state index in [-0.39, 0.29) is 0 Å². The van der Waals surface area contributed by atoms with Crippen LogP contribution in [0.3, 0.4) is 0 Å². The average Bonchev–Trinajstić information content (AvgIpc) is 3.00. The maximum Gasteiger partial charge on any atom is 0.0628 e. The van der Waals surface area contributed by atoms with Crippen LogP contribution >= 0.6 is 0 Å². The molecule has 16 heavy (non-hydrogen) atoms. The van der Waals surface area contributed by atoms with Gasteiger partial charge >= 0.3 is 0 Å². The van der Waals surface area contributed by atoms with E-state index in [2.05, 4.69) is 29.9 Å². The summed E-state index contributed by atoms with van der Waals surface area (Å²) in [5.41, 5.74) is 2.74. The third-order valence-electron chi connectivity index (χ3n) is 3.16. The Labute approximate surface area is 98.2 Å². The van der Waals surface area contributed by atoms with E-state index in [0.717, 1.165) is 18.9 Å². The lowest BCUT2D eigenvalue weighted by Crippen LogP contribution is -2.09. The number of nitrogens with zero attached hydrogens (tertiary/aromatic N) is 2. The fourth-order valence-corrected chi connectivity index (χ4v) is 2.13. The lowest BCUT2D eigenvalue weighted by atomic mass is 10.2. The molecule has 0 unspecified atom stereocenters. The Balaban J connectivity index is 2.05. The Hall–Kier alpha value is -0.830. The van der Waals surface area contributed by atoms with Gasteiger partial charge in [0.25, 0.3) is 0 Å². The van der Waals surface area contributed by atoms with Crippen LogP contribution in [0.5, 0.6) is 0 Å². The molecule has 0 aliphatic heterocycles. The van der Waals surface area contributed by atoms with Gasteiger partial charge in [0, 0.05) is 17.7 Å². The highest BCUT2D eigenvalue weighted by Gasteiger charge is 2.28. The first-order valence-electron chi connectivity index (χ1n) is 6.45. The quantitative estimate of drug-likeness (QED) is 0.748. The van der Waals surface area contributed by atoms with Gasteiger partial charge in [-0.3, -0.25) is 4.68 Å². The fourth-order valence-electron chi connectivity index (χ4n) is 2.13. The van der Waals surface area contributed by atoms with Gasteiger partial charge in [-0.1, -0.05) is 0 Å². The molecule has 1 N–H and O–H groups in total. The van der Waals surface area contributed by atoms with Crippen LogP contribution in [0.25, 0.3) is 0 Å². The summed E-state index contributed by atoms with van der Waals surface area (Å²) in [6.45, 7) is 5.51. The summed E-state index contributed by atoms with van der Waals surface area (Å²) in [4.78, 5) is 0. The van der Waals surface area contributed by atoms with Crippen LogP contribution in [0.4, 0.5) is 0 Å². The molecule has 0 amide bonds. The van der Waals surface area contributed by atoms with Gasteiger partial charge in [-0.2, -0.15) is 5.10 Å². The van der Waals surface area contributed by atoms with Crippen molar-refractivity contribution in [3.63, 3.8) is 0 Å². The van der Waals surface area contributed by atoms with Crippen LogP contribution in [0.15, 0.2) is 6.07 Å². The third kappa shape index (κ3) is 2.64. The first kappa shape index (κ1) is 11.6. The molecular weight excluding hydrogens is 198 g/mol. The van der Waals surface area contributed by atoms with Crippen LogP contribution < -0.4 is 5.32 Å². The predicted octanol–water partition coefficient (Wildman–Crippen LogP) is 2.49. The smallest absolute Gasteiger partial charge is 0.0628 e. The minimum Gasteiger partial charge on any atom is -0.320 e. The monoisotopic (exact) mass is 221 g/mol. The molecule has 1 aliphatic carbocycles. The van der Waals surface area contributed by atoms with Crippen molar-refractivity contribution >= 4 is 0 Å². The Kier molecular flexibility index (Phi) is 3.64. The molecular formula is C13H23N3. The van der Waals surface area contributed by atoms with E-state index in [9.17, 15) is 0 Å². The first-order chi connectivity index (χ1) is 7.72. The van der Waals surface area contributed by atoms with Crippen molar-refractivity contribution in [2.24, 2.45) is 0 Å². The van der Waals surface area contributed by atoms with Crippen molar-refractivity contribution in [3.8, 4) is 0 Å². The number of hydrogen-bond acceptors (Lipinski definition) is 2. The molecule has 0 radical (unpaired) electrons. The summed E-state index contributed by atoms with van der Waals surface area (Å²) in [6.07, 6.45) is 4.98. The molecule has 3 heteroatoms. The summed E-state index contributed by atoms with van der Waals surface area (Å²) in [7, 11) is 2.00. The Morgan fingerprint density at radius 1 is 1.50 bits per heavy atom. The van der Waals surface area contributed by atoms with Gasteiger partial charge in [-0.15, -0.1) is 0 Å². The molecule has 1 aliphatic rings. The Morgan fingerprint density at radius 2 is 2.25 bits per heavy atom. The van der Waals surface area contributed by atoms with E-state index in [1.165, 1.54) is 30.7 Å². The minimum absolute atomic E-state index is 0.494. The summed E-state index contributed by atoms with van der Waals surface area (Å²) in [6, 6.07) is 2.82. The van der Waals surface area contributed by atoms with Gasteiger partial charge in [-0.25, -0.2) is 0 Å². The highest BCUT2D eigenvalue weighted by atomic mass is 15.3. The SMILES string of the molecule is CNCCCc1cc(C2CC2)n(C(C)C)n1. The fraction of sp³-hybridized carbons (Fsp3) is 0.769. The molecule has 2 rings (SSSR count). The number of rotatable bonds is 6. The van der Waals surface area contributed by atoms with Crippen LogP contribution in [0.2, 0.25) is 0 Å². The average molecular weight is 221 g/mol. The normalized spacial score (nSPS) is 16.0. The van der Waals surface area contributed by atoms with E-state index >= 15 is 0 Å². The second-order valence-electron chi connectivity index (χ2n) is 5.08. The molecule has 1 aromatic heterocycles. The van der Waals surface area contributed by atoms with Gasteiger partial charge in [0.15, 0.2) is 0 Å². The maximum atomic E-state index is 4.73. The zero-order chi connectivity index (χ0) is 11.5. The number of hydrogen-bond donors (Lipinski definition) is 1. The van der Waals surface area contributed by atoms with E-state index < -0.39 is 0 Å². The second kappa shape index (κ2) is 5.00. The van der Waals surface area contributed by atoms with Gasteiger partial charge in [0.1, 0.15) is 0 Å². The Bertz CT molecular complexity index is 317. The number of aryl methyl sites for hydroxylation is 1. The largest absolute Gasteiger partial charge is 0.320 e. The molecule has 1 aromatic rings. The predicted molar refractivity (Wildman–Crippen MR) is 66.8 cm³/mol. The molecule has 1 fully saturated rings. The Morgan fingerprint density at radius 3 is 2.81 bits per heavy atom. The molecule has 0 spiro atoms. The van der Waals surface area contributed by atoms with Gasteiger partial charge in [0.2, 0.25) is 0 Å². The topological polar surface area (TPSA) is 29.9 Å². The summed E-state index contributed by atoms with van der Waals surface area (Å²) in [5, 5.41) is 7.91. The standard InChI is InChI=1S/C13H23N3/c1-10(2)16-13(11-6-7-11)9-12(15-16)5-4-8-14-3/h9-11,14H,4-8H2,1-3H3. The first-order valence-corrected chi connectivity index (χ1v) is 6.45. The minimum atomic E-state index is 0.494. The van der Waals surface area contributed by atoms with E-state index in [4.69, 9.17) is 5.10 Å². The van der Waals surface area contributed by atoms with Crippen molar-refractivity contribution in [2.75, 3.05) is 13.6 Å². The van der Waals surface area contributed by atoms with Crippen molar-refractivity contribution in [1.82, 2.24) is 15.1 Å². The lowest BCUT2D eigenvalue weighted by molar-refractivity contribution is 0.503.